The van der Waals surface area contributed by atoms with Gasteiger partial charge in [0.1, 0.15) is 12.4 Å². The number of benzene rings is 2. The Labute approximate surface area is 114 Å². The van der Waals surface area contributed by atoms with Crippen molar-refractivity contribution in [3.8, 4) is 18.1 Å². The van der Waals surface area contributed by atoms with Gasteiger partial charge in [-0.3, -0.25) is 0 Å². The molecule has 5 heteroatoms. The van der Waals surface area contributed by atoms with Gasteiger partial charge in [0, 0.05) is 5.39 Å². The van der Waals surface area contributed by atoms with Crippen LogP contribution in [0.5, 0.6) is 5.75 Å². The fourth-order valence-corrected chi connectivity index (χ4v) is 1.89. The molecule has 0 amide bonds. The summed E-state index contributed by atoms with van der Waals surface area (Å²) in [6.07, 6.45) is 5.11. The molecule has 0 spiro atoms. The van der Waals surface area contributed by atoms with E-state index in [1.165, 1.54) is 30.3 Å². The number of carbonyl (C=O) groups is 2. The van der Waals surface area contributed by atoms with E-state index in [0.717, 1.165) is 0 Å². The van der Waals surface area contributed by atoms with Gasteiger partial charge in [-0.1, -0.05) is 12.0 Å². The summed E-state index contributed by atoms with van der Waals surface area (Å²) in [7, 11) is 0. The minimum atomic E-state index is -1.10. The predicted octanol–water partition coefficient (Wildman–Crippen LogP) is 2.25. The first-order valence-corrected chi connectivity index (χ1v) is 5.64. The highest BCUT2D eigenvalue weighted by atomic mass is 16.5. The van der Waals surface area contributed by atoms with E-state index in [-0.39, 0.29) is 17.7 Å². The summed E-state index contributed by atoms with van der Waals surface area (Å²) >= 11 is 0. The molecule has 20 heavy (non-hydrogen) atoms. The molecular weight excluding hydrogens is 260 g/mol. The molecule has 100 valence electrons. The third-order valence-corrected chi connectivity index (χ3v) is 2.76. The van der Waals surface area contributed by atoms with Gasteiger partial charge < -0.3 is 14.9 Å². The van der Waals surface area contributed by atoms with Crippen molar-refractivity contribution in [3.05, 3.63) is 41.5 Å². The molecule has 0 radical (unpaired) electrons. The van der Waals surface area contributed by atoms with Gasteiger partial charge in [0.05, 0.1) is 11.1 Å². The maximum atomic E-state index is 11.2. The van der Waals surface area contributed by atoms with Crippen molar-refractivity contribution in [1.29, 1.82) is 0 Å². The highest BCUT2D eigenvalue weighted by molar-refractivity contribution is 6.07. The van der Waals surface area contributed by atoms with E-state index >= 15 is 0 Å². The summed E-state index contributed by atoms with van der Waals surface area (Å²) < 4.78 is 5.32. The molecule has 0 aliphatic rings. The number of hydrogen-bond donors (Lipinski definition) is 2. The van der Waals surface area contributed by atoms with Crippen LogP contribution in [0.3, 0.4) is 0 Å². The molecule has 0 heterocycles. The maximum absolute atomic E-state index is 11.2. The molecule has 0 unspecified atom stereocenters. The average molecular weight is 270 g/mol. The van der Waals surface area contributed by atoms with E-state index in [4.69, 9.17) is 21.4 Å². The number of terminal acetylenes is 1. The van der Waals surface area contributed by atoms with Crippen LogP contribution in [-0.2, 0) is 0 Å². The summed E-state index contributed by atoms with van der Waals surface area (Å²) in [4.78, 5) is 22.2. The first kappa shape index (κ1) is 13.4. The Morgan fingerprint density at radius 3 is 2.45 bits per heavy atom. The minimum absolute atomic E-state index is 0.0127. The van der Waals surface area contributed by atoms with Crippen LogP contribution >= 0.6 is 0 Å². The van der Waals surface area contributed by atoms with Crippen LogP contribution in [0.15, 0.2) is 30.3 Å². The van der Waals surface area contributed by atoms with E-state index in [1.54, 1.807) is 0 Å². The Kier molecular flexibility index (Phi) is 3.58. The first-order valence-electron chi connectivity index (χ1n) is 5.64. The third-order valence-electron chi connectivity index (χ3n) is 2.76. The number of carboxylic acids is 2. The molecule has 0 aliphatic carbocycles. The Morgan fingerprint density at radius 2 is 1.85 bits per heavy atom. The van der Waals surface area contributed by atoms with Crippen LogP contribution in [0.4, 0.5) is 0 Å². The van der Waals surface area contributed by atoms with E-state index in [1.807, 2.05) is 0 Å². The Hall–Kier alpha value is -3.00. The lowest BCUT2D eigenvalue weighted by atomic mass is 10.0. The number of hydrogen-bond acceptors (Lipinski definition) is 3. The fraction of sp³-hybridized carbons (Fsp3) is 0.0667. The van der Waals surface area contributed by atoms with Crippen LogP contribution in [0, 0.1) is 12.3 Å². The zero-order valence-electron chi connectivity index (χ0n) is 10.3. The molecule has 0 bridgehead atoms. The molecule has 2 aromatic rings. The van der Waals surface area contributed by atoms with Gasteiger partial charge in [-0.2, -0.15) is 0 Å². The second-order valence-electron chi connectivity index (χ2n) is 3.97. The zero-order chi connectivity index (χ0) is 14.7. The van der Waals surface area contributed by atoms with Crippen molar-refractivity contribution in [1.82, 2.24) is 0 Å². The molecule has 0 atom stereocenters. The summed E-state index contributed by atoms with van der Waals surface area (Å²) in [6, 6.07) is 7.04. The normalized spacial score (nSPS) is 9.95. The lowest BCUT2D eigenvalue weighted by Gasteiger charge is -2.10. The number of rotatable bonds is 4. The van der Waals surface area contributed by atoms with Crippen molar-refractivity contribution in [2.45, 2.75) is 0 Å². The zero-order valence-corrected chi connectivity index (χ0v) is 10.3. The Balaban J connectivity index is 2.71. The summed E-state index contributed by atoms with van der Waals surface area (Å²) in [6.45, 7) is 0.0127. The number of ether oxygens (including phenoxy) is 1. The molecule has 5 nitrogen and oxygen atoms in total. The monoisotopic (exact) mass is 270 g/mol. The quantitative estimate of drug-likeness (QED) is 0.832. The van der Waals surface area contributed by atoms with Crippen LogP contribution in [0.2, 0.25) is 0 Å². The second kappa shape index (κ2) is 5.33. The van der Waals surface area contributed by atoms with Crippen LogP contribution in [0.1, 0.15) is 20.7 Å². The highest BCUT2D eigenvalue weighted by Crippen LogP contribution is 2.30. The van der Waals surface area contributed by atoms with Crippen LogP contribution in [-0.4, -0.2) is 28.8 Å². The van der Waals surface area contributed by atoms with Gasteiger partial charge in [0.15, 0.2) is 0 Å². The standard InChI is InChI=1S/C15H10O5/c1-2-7-20-13-6-5-11(15(18)19)10-4-3-9(14(16)17)8-12(10)13/h1,3-6,8H,7H2,(H,16,17)(H,18,19). The SMILES string of the molecule is C#CCOc1ccc(C(=O)O)c2ccc(C(=O)O)cc12. The van der Waals surface area contributed by atoms with Crippen molar-refractivity contribution >= 4 is 22.7 Å². The third kappa shape index (κ3) is 2.40. The summed E-state index contributed by atoms with van der Waals surface area (Å²) in [5.41, 5.74) is 0.121. The molecule has 0 aromatic heterocycles. The minimum Gasteiger partial charge on any atom is -0.480 e. The number of aromatic carboxylic acids is 2. The molecule has 0 fully saturated rings. The largest absolute Gasteiger partial charge is 0.480 e. The van der Waals surface area contributed by atoms with Gasteiger partial charge in [-0.25, -0.2) is 9.59 Å². The van der Waals surface area contributed by atoms with Crippen molar-refractivity contribution < 1.29 is 24.5 Å². The van der Waals surface area contributed by atoms with Gasteiger partial charge in [-0.05, 0) is 29.7 Å². The lowest BCUT2D eigenvalue weighted by molar-refractivity contribution is 0.0688. The van der Waals surface area contributed by atoms with Gasteiger partial charge in [-0.15, -0.1) is 6.42 Å². The average Bonchev–Trinajstić information content (AvgIpc) is 2.43. The molecule has 2 aromatic carbocycles. The fourth-order valence-electron chi connectivity index (χ4n) is 1.89. The van der Waals surface area contributed by atoms with E-state index in [0.29, 0.717) is 16.5 Å². The predicted molar refractivity (Wildman–Crippen MR) is 72.2 cm³/mol. The molecule has 2 rings (SSSR count). The van der Waals surface area contributed by atoms with E-state index in [9.17, 15) is 9.59 Å². The number of carboxylic acid groups (broad SMARTS) is 2. The van der Waals surface area contributed by atoms with Gasteiger partial charge >= 0.3 is 11.9 Å². The van der Waals surface area contributed by atoms with E-state index in [2.05, 4.69) is 5.92 Å². The summed E-state index contributed by atoms with van der Waals surface area (Å²) in [5.74, 6) is 0.456. The first-order chi connectivity index (χ1) is 9.54. The van der Waals surface area contributed by atoms with Crippen molar-refractivity contribution in [2.24, 2.45) is 0 Å². The Morgan fingerprint density at radius 1 is 1.10 bits per heavy atom. The molecule has 0 saturated heterocycles. The second-order valence-corrected chi connectivity index (χ2v) is 3.97. The van der Waals surface area contributed by atoms with Crippen LogP contribution in [0.25, 0.3) is 10.8 Å². The van der Waals surface area contributed by atoms with Crippen molar-refractivity contribution in [3.63, 3.8) is 0 Å². The smallest absolute Gasteiger partial charge is 0.336 e. The molecular formula is C15H10O5. The molecule has 2 N–H and O–H groups in total. The topological polar surface area (TPSA) is 83.8 Å². The lowest BCUT2D eigenvalue weighted by Crippen LogP contribution is -2.02. The maximum Gasteiger partial charge on any atom is 0.336 e. The Bertz CT molecular complexity index is 740. The van der Waals surface area contributed by atoms with Gasteiger partial charge in [0.25, 0.3) is 0 Å². The number of fused-ring (bicyclic) bond motifs is 1. The van der Waals surface area contributed by atoms with Gasteiger partial charge in [0.2, 0.25) is 0 Å². The summed E-state index contributed by atoms with van der Waals surface area (Å²) in [5, 5.41) is 18.9. The van der Waals surface area contributed by atoms with E-state index < -0.39 is 11.9 Å². The van der Waals surface area contributed by atoms with Crippen molar-refractivity contribution in [2.75, 3.05) is 6.61 Å². The molecule has 0 aliphatic heterocycles. The van der Waals surface area contributed by atoms with Crippen LogP contribution < -0.4 is 4.74 Å². The molecule has 0 saturated carbocycles. The highest BCUT2D eigenvalue weighted by Gasteiger charge is 2.14.